The second kappa shape index (κ2) is 11.0. The molecule has 0 saturated heterocycles. The molecule has 11 heteroatoms. The van der Waals surface area contributed by atoms with Crippen LogP contribution in [0.3, 0.4) is 0 Å². The van der Waals surface area contributed by atoms with Crippen molar-refractivity contribution in [3.63, 3.8) is 0 Å². The van der Waals surface area contributed by atoms with E-state index in [0.717, 1.165) is 23.2 Å². The molecule has 2 atom stereocenters. The number of carbonyl (C=O) groups is 3. The number of aliphatic carboxylic acids is 1. The van der Waals surface area contributed by atoms with Crippen LogP contribution in [-0.2, 0) is 14.4 Å². The van der Waals surface area contributed by atoms with Crippen molar-refractivity contribution < 1.29 is 37.1 Å². The van der Waals surface area contributed by atoms with Gasteiger partial charge < -0.3 is 15.7 Å². The number of aromatic nitrogens is 1. The van der Waals surface area contributed by atoms with Crippen molar-refractivity contribution in [3.05, 3.63) is 78.2 Å². The Labute approximate surface area is 203 Å². The van der Waals surface area contributed by atoms with E-state index in [1.807, 2.05) is 18.2 Å². The second-order valence-electron chi connectivity index (χ2n) is 7.95. The van der Waals surface area contributed by atoms with E-state index in [1.54, 1.807) is 36.5 Å². The monoisotopic (exact) mass is 503 g/mol. The number of nitrogens with one attached hydrogen (secondary N) is 2. The van der Waals surface area contributed by atoms with Crippen LogP contribution in [0, 0.1) is 11.7 Å². The van der Waals surface area contributed by atoms with E-state index in [4.69, 9.17) is 9.90 Å². The molecule has 2 amide bonds. The summed E-state index contributed by atoms with van der Waals surface area (Å²) in [6, 6.07) is 17.2. The molecule has 7 nitrogen and oxygen atoms in total. The highest BCUT2D eigenvalue weighted by Gasteiger charge is 2.44. The van der Waals surface area contributed by atoms with Gasteiger partial charge in [0, 0.05) is 24.6 Å². The van der Waals surface area contributed by atoms with Crippen LogP contribution in [0.25, 0.3) is 11.3 Å². The standard InChI is InChI=1S/C23H20FN3O2.C2HF3O2/c1-14(28)26-21-4-2-3-5-22(21)27-23(29)19-12-18(19)16-8-11-20(25-13-16)15-6-9-17(24)10-7-15;3-2(4,5)1(6)7/h2-11,13,18-19H,12H2,1H3,(H,26,28)(H,27,29);(H,6,7)/t18-,19+;/m0./s1. The number of amides is 2. The lowest BCUT2D eigenvalue weighted by Gasteiger charge is -2.11. The van der Waals surface area contributed by atoms with E-state index in [2.05, 4.69) is 15.6 Å². The zero-order chi connectivity index (χ0) is 26.5. The molecule has 0 bridgehead atoms. The highest BCUT2D eigenvalue weighted by molar-refractivity contribution is 6.00. The minimum atomic E-state index is -5.08. The van der Waals surface area contributed by atoms with E-state index in [0.29, 0.717) is 11.4 Å². The van der Waals surface area contributed by atoms with Gasteiger partial charge in [-0.15, -0.1) is 0 Å². The van der Waals surface area contributed by atoms with Crippen molar-refractivity contribution >= 4 is 29.2 Å². The van der Waals surface area contributed by atoms with Gasteiger partial charge >= 0.3 is 12.1 Å². The molecular formula is C25H21F4N3O4. The number of hydrogen-bond acceptors (Lipinski definition) is 4. The first kappa shape index (κ1) is 26.3. The minimum Gasteiger partial charge on any atom is -0.475 e. The number of benzene rings is 2. The molecule has 36 heavy (non-hydrogen) atoms. The third-order valence-corrected chi connectivity index (χ3v) is 5.22. The number of anilines is 2. The van der Waals surface area contributed by atoms with E-state index in [1.165, 1.54) is 19.1 Å². The van der Waals surface area contributed by atoms with Gasteiger partial charge in [-0.3, -0.25) is 14.6 Å². The van der Waals surface area contributed by atoms with Gasteiger partial charge in [-0.2, -0.15) is 13.2 Å². The molecule has 2 aromatic carbocycles. The van der Waals surface area contributed by atoms with Crippen LogP contribution in [-0.4, -0.2) is 34.1 Å². The van der Waals surface area contributed by atoms with Crippen molar-refractivity contribution in [3.8, 4) is 11.3 Å². The average Bonchev–Trinajstić information content (AvgIpc) is 3.62. The summed E-state index contributed by atoms with van der Waals surface area (Å²) in [6.07, 6.45) is -2.55. The van der Waals surface area contributed by atoms with Crippen LogP contribution in [0.15, 0.2) is 66.9 Å². The number of alkyl halides is 3. The predicted octanol–water partition coefficient (Wildman–Crippen LogP) is 5.22. The Morgan fingerprint density at radius 2 is 1.53 bits per heavy atom. The summed E-state index contributed by atoms with van der Waals surface area (Å²) in [5, 5.41) is 12.8. The van der Waals surface area contributed by atoms with Crippen LogP contribution < -0.4 is 10.6 Å². The van der Waals surface area contributed by atoms with Gasteiger partial charge in [0.1, 0.15) is 5.82 Å². The predicted molar refractivity (Wildman–Crippen MR) is 124 cm³/mol. The van der Waals surface area contributed by atoms with Gasteiger partial charge in [-0.05, 0) is 60.4 Å². The van der Waals surface area contributed by atoms with Crippen LogP contribution in [0.5, 0.6) is 0 Å². The summed E-state index contributed by atoms with van der Waals surface area (Å²) < 4.78 is 44.8. The van der Waals surface area contributed by atoms with E-state index in [-0.39, 0.29) is 29.5 Å². The van der Waals surface area contributed by atoms with E-state index >= 15 is 0 Å². The fourth-order valence-corrected chi connectivity index (χ4v) is 3.39. The molecule has 1 fully saturated rings. The molecule has 0 spiro atoms. The molecule has 1 heterocycles. The number of nitrogens with zero attached hydrogens (tertiary/aromatic N) is 1. The van der Waals surface area contributed by atoms with Crippen LogP contribution in [0.1, 0.15) is 24.8 Å². The van der Waals surface area contributed by atoms with E-state index in [9.17, 15) is 27.2 Å². The summed E-state index contributed by atoms with van der Waals surface area (Å²) in [5.74, 6) is -3.31. The fraction of sp³-hybridized carbons (Fsp3) is 0.200. The highest BCUT2D eigenvalue weighted by atomic mass is 19.4. The maximum atomic E-state index is 13.1. The van der Waals surface area contributed by atoms with Gasteiger partial charge in [0.05, 0.1) is 17.1 Å². The molecule has 1 aliphatic carbocycles. The fourth-order valence-electron chi connectivity index (χ4n) is 3.39. The lowest BCUT2D eigenvalue weighted by Crippen LogP contribution is -2.21. The summed E-state index contributed by atoms with van der Waals surface area (Å²) in [6.45, 7) is 1.43. The molecule has 1 aromatic heterocycles. The lowest BCUT2D eigenvalue weighted by atomic mass is 10.1. The molecule has 188 valence electrons. The minimum absolute atomic E-state index is 0.0737. The summed E-state index contributed by atoms with van der Waals surface area (Å²) >= 11 is 0. The first-order valence-electron chi connectivity index (χ1n) is 10.6. The Morgan fingerprint density at radius 3 is 2.03 bits per heavy atom. The summed E-state index contributed by atoms with van der Waals surface area (Å²) in [4.78, 5) is 37.3. The van der Waals surface area contributed by atoms with Gasteiger partial charge in [-0.1, -0.05) is 18.2 Å². The number of carboxylic acid groups (broad SMARTS) is 1. The molecule has 3 aromatic rings. The smallest absolute Gasteiger partial charge is 0.475 e. The Morgan fingerprint density at radius 1 is 0.944 bits per heavy atom. The maximum absolute atomic E-state index is 13.1. The van der Waals surface area contributed by atoms with Crippen molar-refractivity contribution in [2.75, 3.05) is 10.6 Å². The molecule has 0 radical (unpaired) electrons. The molecule has 1 saturated carbocycles. The Kier molecular flexibility index (Phi) is 8.03. The number of carbonyl (C=O) groups excluding carboxylic acids is 2. The number of rotatable bonds is 5. The number of halogens is 4. The molecule has 3 N–H and O–H groups in total. The zero-order valence-corrected chi connectivity index (χ0v) is 18.8. The van der Waals surface area contributed by atoms with E-state index < -0.39 is 12.1 Å². The first-order valence-corrected chi connectivity index (χ1v) is 10.6. The quantitative estimate of drug-likeness (QED) is 0.414. The Bertz CT molecular complexity index is 1250. The summed E-state index contributed by atoms with van der Waals surface area (Å²) in [7, 11) is 0. The van der Waals surface area contributed by atoms with Crippen molar-refractivity contribution in [2.24, 2.45) is 5.92 Å². The average molecular weight is 503 g/mol. The third-order valence-electron chi connectivity index (χ3n) is 5.22. The molecule has 1 aliphatic rings. The van der Waals surface area contributed by atoms with Crippen molar-refractivity contribution in [1.82, 2.24) is 4.98 Å². The van der Waals surface area contributed by atoms with Gasteiger partial charge in [-0.25, -0.2) is 9.18 Å². The van der Waals surface area contributed by atoms with Gasteiger partial charge in [0.2, 0.25) is 11.8 Å². The van der Waals surface area contributed by atoms with Crippen molar-refractivity contribution in [1.29, 1.82) is 0 Å². The highest BCUT2D eigenvalue weighted by Crippen LogP contribution is 2.48. The normalized spacial score (nSPS) is 16.2. The van der Waals surface area contributed by atoms with Crippen molar-refractivity contribution in [2.45, 2.75) is 25.4 Å². The SMILES string of the molecule is CC(=O)Nc1ccccc1NC(=O)[C@@H]1C[C@H]1c1ccc(-c2ccc(F)cc2)nc1.O=C(O)C(F)(F)F. The molecule has 4 rings (SSSR count). The maximum Gasteiger partial charge on any atom is 0.490 e. The number of carboxylic acids is 1. The number of hydrogen-bond donors (Lipinski definition) is 3. The van der Waals surface area contributed by atoms with Gasteiger partial charge in [0.25, 0.3) is 0 Å². The molecular weight excluding hydrogens is 482 g/mol. The first-order chi connectivity index (χ1) is 17.0. The number of para-hydroxylation sites is 2. The van der Waals surface area contributed by atoms with Crippen LogP contribution in [0.2, 0.25) is 0 Å². The zero-order valence-electron chi connectivity index (χ0n) is 18.8. The largest absolute Gasteiger partial charge is 0.490 e. The molecule has 0 aliphatic heterocycles. The Balaban J connectivity index is 0.000000454. The third kappa shape index (κ3) is 7.11. The number of pyridine rings is 1. The van der Waals surface area contributed by atoms with Crippen LogP contribution in [0.4, 0.5) is 28.9 Å². The second-order valence-corrected chi connectivity index (χ2v) is 7.95. The molecule has 0 unspecified atom stereocenters. The summed E-state index contributed by atoms with van der Waals surface area (Å²) in [5.41, 5.74) is 3.78. The topological polar surface area (TPSA) is 108 Å². The van der Waals surface area contributed by atoms with Gasteiger partial charge in [0.15, 0.2) is 0 Å². The lowest BCUT2D eigenvalue weighted by molar-refractivity contribution is -0.192. The van der Waals surface area contributed by atoms with Crippen LogP contribution >= 0.6 is 0 Å². The Hall–Kier alpha value is -4.28.